The van der Waals surface area contributed by atoms with Crippen LogP contribution in [0.2, 0.25) is 0 Å². The second kappa shape index (κ2) is 8.25. The highest BCUT2D eigenvalue weighted by Gasteiger charge is 2.21. The topological polar surface area (TPSA) is 41.1 Å². The van der Waals surface area contributed by atoms with E-state index < -0.39 is 0 Å². The number of hydrogen-bond donors (Lipinski definition) is 2. The van der Waals surface area contributed by atoms with Crippen molar-refractivity contribution >= 4 is 30.1 Å². The summed E-state index contributed by atoms with van der Waals surface area (Å²) in [5.41, 5.74) is 0. The fourth-order valence-electron chi connectivity index (χ4n) is 1.74. The minimum atomic E-state index is 0. The van der Waals surface area contributed by atoms with Gasteiger partial charge in [-0.25, -0.2) is 0 Å². The summed E-state index contributed by atoms with van der Waals surface area (Å²) in [6.07, 6.45) is 4.03. The largest absolute Gasteiger partial charge is 0.353 e. The number of carbonyl (C=O) groups excluding carboxylic acids is 1. The number of nitrogens with one attached hydrogen (secondary N) is 2. The van der Waals surface area contributed by atoms with Crippen LogP contribution in [0.3, 0.4) is 0 Å². The van der Waals surface area contributed by atoms with E-state index in [0.717, 1.165) is 31.7 Å². The Morgan fingerprint density at radius 1 is 1.53 bits per heavy atom. The maximum Gasteiger partial charge on any atom is 0.223 e. The number of piperidine rings is 1. The molecule has 0 aromatic heterocycles. The fourth-order valence-corrected chi connectivity index (χ4v) is 2.32. The number of rotatable bonds is 4. The lowest BCUT2D eigenvalue weighted by atomic mass is 9.97. The molecule has 0 aliphatic carbocycles. The van der Waals surface area contributed by atoms with Gasteiger partial charge in [0.2, 0.25) is 5.91 Å². The van der Waals surface area contributed by atoms with Crippen molar-refractivity contribution in [1.29, 1.82) is 0 Å². The van der Waals surface area contributed by atoms with Crippen LogP contribution < -0.4 is 10.6 Å². The Balaban J connectivity index is 0.00000196. The highest BCUT2D eigenvalue weighted by Crippen LogP contribution is 2.11. The van der Waals surface area contributed by atoms with Crippen LogP contribution in [-0.2, 0) is 4.79 Å². The van der Waals surface area contributed by atoms with Crippen molar-refractivity contribution in [2.75, 3.05) is 25.1 Å². The minimum absolute atomic E-state index is 0. The van der Waals surface area contributed by atoms with Gasteiger partial charge in [0.25, 0.3) is 0 Å². The molecular formula is C10H21ClN2OS. The molecule has 0 aromatic rings. The number of amides is 1. The Labute approximate surface area is 103 Å². The molecule has 5 heteroatoms. The minimum Gasteiger partial charge on any atom is -0.353 e. The van der Waals surface area contributed by atoms with Gasteiger partial charge in [0, 0.05) is 17.7 Å². The van der Waals surface area contributed by atoms with Crippen molar-refractivity contribution < 1.29 is 4.79 Å². The average Bonchev–Trinajstić information content (AvgIpc) is 2.19. The van der Waals surface area contributed by atoms with E-state index in [1.54, 1.807) is 11.8 Å². The molecule has 0 bridgehead atoms. The van der Waals surface area contributed by atoms with Crippen LogP contribution in [-0.4, -0.2) is 37.0 Å². The first kappa shape index (κ1) is 15.1. The van der Waals surface area contributed by atoms with Crippen LogP contribution in [0.5, 0.6) is 0 Å². The predicted molar refractivity (Wildman–Crippen MR) is 68.8 cm³/mol. The summed E-state index contributed by atoms with van der Waals surface area (Å²) in [4.78, 5) is 11.7. The monoisotopic (exact) mass is 252 g/mol. The van der Waals surface area contributed by atoms with Gasteiger partial charge in [0.1, 0.15) is 0 Å². The van der Waals surface area contributed by atoms with Crippen molar-refractivity contribution in [3.8, 4) is 0 Å². The summed E-state index contributed by atoms with van der Waals surface area (Å²) in [7, 11) is 0. The molecule has 1 fully saturated rings. The smallest absolute Gasteiger partial charge is 0.223 e. The van der Waals surface area contributed by atoms with Crippen LogP contribution in [0.4, 0.5) is 0 Å². The molecule has 0 radical (unpaired) electrons. The van der Waals surface area contributed by atoms with E-state index in [2.05, 4.69) is 23.8 Å². The first-order chi connectivity index (χ1) is 6.74. The SMILES string of the molecule is CSCC(C)NC(=O)C1CCNCC1.Cl. The van der Waals surface area contributed by atoms with Gasteiger partial charge in [0.15, 0.2) is 0 Å². The summed E-state index contributed by atoms with van der Waals surface area (Å²) >= 11 is 1.77. The van der Waals surface area contributed by atoms with Gasteiger partial charge in [-0.15, -0.1) is 12.4 Å². The van der Waals surface area contributed by atoms with E-state index in [-0.39, 0.29) is 24.2 Å². The van der Waals surface area contributed by atoms with Gasteiger partial charge in [-0.3, -0.25) is 4.79 Å². The third-order valence-electron chi connectivity index (χ3n) is 2.52. The Morgan fingerprint density at radius 3 is 2.67 bits per heavy atom. The second-order valence-electron chi connectivity index (χ2n) is 3.89. The van der Waals surface area contributed by atoms with Crippen LogP contribution in [0, 0.1) is 5.92 Å². The lowest BCUT2D eigenvalue weighted by Gasteiger charge is -2.23. The molecule has 0 saturated carbocycles. The maximum absolute atomic E-state index is 11.7. The lowest BCUT2D eigenvalue weighted by Crippen LogP contribution is -2.42. The molecular weight excluding hydrogens is 232 g/mol. The third-order valence-corrected chi connectivity index (χ3v) is 3.35. The number of halogens is 1. The summed E-state index contributed by atoms with van der Waals surface area (Å²) in [6, 6.07) is 0.299. The van der Waals surface area contributed by atoms with Crippen LogP contribution in [0.1, 0.15) is 19.8 Å². The van der Waals surface area contributed by atoms with E-state index in [9.17, 15) is 4.79 Å². The van der Waals surface area contributed by atoms with Crippen molar-refractivity contribution in [1.82, 2.24) is 10.6 Å². The molecule has 0 spiro atoms. The zero-order valence-electron chi connectivity index (χ0n) is 9.41. The molecule has 15 heavy (non-hydrogen) atoms. The molecule has 1 saturated heterocycles. The first-order valence-electron chi connectivity index (χ1n) is 5.24. The molecule has 1 rings (SSSR count). The molecule has 1 unspecified atom stereocenters. The highest BCUT2D eigenvalue weighted by molar-refractivity contribution is 7.98. The quantitative estimate of drug-likeness (QED) is 0.792. The Kier molecular flexibility index (Phi) is 8.29. The van der Waals surface area contributed by atoms with Crippen LogP contribution in [0.25, 0.3) is 0 Å². The average molecular weight is 253 g/mol. The predicted octanol–water partition coefficient (Wildman–Crippen LogP) is 1.28. The number of hydrogen-bond acceptors (Lipinski definition) is 3. The first-order valence-corrected chi connectivity index (χ1v) is 6.63. The lowest BCUT2D eigenvalue weighted by molar-refractivity contribution is -0.126. The zero-order chi connectivity index (χ0) is 10.4. The van der Waals surface area contributed by atoms with Crippen molar-refractivity contribution in [2.45, 2.75) is 25.8 Å². The van der Waals surface area contributed by atoms with E-state index in [1.807, 2.05) is 0 Å². The van der Waals surface area contributed by atoms with Crippen molar-refractivity contribution in [2.24, 2.45) is 5.92 Å². The molecule has 90 valence electrons. The molecule has 1 aliphatic rings. The highest BCUT2D eigenvalue weighted by atomic mass is 35.5. The normalized spacial score (nSPS) is 19.1. The van der Waals surface area contributed by atoms with E-state index in [4.69, 9.17) is 0 Å². The molecule has 1 aliphatic heterocycles. The van der Waals surface area contributed by atoms with Gasteiger partial charge in [-0.1, -0.05) is 0 Å². The molecule has 0 aromatic carbocycles. The van der Waals surface area contributed by atoms with Crippen LogP contribution >= 0.6 is 24.2 Å². The second-order valence-corrected chi connectivity index (χ2v) is 4.80. The summed E-state index contributed by atoms with van der Waals surface area (Å²) < 4.78 is 0. The van der Waals surface area contributed by atoms with Gasteiger partial charge >= 0.3 is 0 Å². The zero-order valence-corrected chi connectivity index (χ0v) is 11.0. The molecule has 3 nitrogen and oxygen atoms in total. The van der Waals surface area contributed by atoms with Crippen molar-refractivity contribution in [3.63, 3.8) is 0 Å². The maximum atomic E-state index is 11.7. The Bertz CT molecular complexity index is 186. The van der Waals surface area contributed by atoms with E-state index in [0.29, 0.717) is 6.04 Å². The Hall–Kier alpha value is 0.0700. The molecule has 1 atom stereocenters. The van der Waals surface area contributed by atoms with Crippen molar-refractivity contribution in [3.05, 3.63) is 0 Å². The van der Waals surface area contributed by atoms with E-state index >= 15 is 0 Å². The third kappa shape index (κ3) is 5.64. The number of thioether (sulfide) groups is 1. The Morgan fingerprint density at radius 2 is 2.13 bits per heavy atom. The summed E-state index contributed by atoms with van der Waals surface area (Å²) in [5, 5.41) is 6.33. The molecule has 2 N–H and O–H groups in total. The fraction of sp³-hybridized carbons (Fsp3) is 0.900. The molecule has 1 amide bonds. The van der Waals surface area contributed by atoms with Gasteiger partial charge in [-0.05, 0) is 39.1 Å². The van der Waals surface area contributed by atoms with E-state index in [1.165, 1.54) is 0 Å². The van der Waals surface area contributed by atoms with Crippen LogP contribution in [0.15, 0.2) is 0 Å². The number of carbonyl (C=O) groups is 1. The summed E-state index contributed by atoms with van der Waals surface area (Å²) in [6.45, 7) is 4.03. The molecule has 1 heterocycles. The van der Waals surface area contributed by atoms with Gasteiger partial charge in [0.05, 0.1) is 0 Å². The summed E-state index contributed by atoms with van der Waals surface area (Å²) in [5.74, 6) is 1.48. The standard InChI is InChI=1S/C10H20N2OS.ClH/c1-8(7-14-2)12-10(13)9-3-5-11-6-4-9;/h8-9,11H,3-7H2,1-2H3,(H,12,13);1H. The van der Waals surface area contributed by atoms with Gasteiger partial charge < -0.3 is 10.6 Å². The van der Waals surface area contributed by atoms with Gasteiger partial charge in [-0.2, -0.15) is 11.8 Å².